The fourth-order valence-electron chi connectivity index (χ4n) is 4.23. The van der Waals surface area contributed by atoms with Gasteiger partial charge in [-0.3, -0.25) is 20.2 Å². The number of hydrogen-bond donors (Lipinski definition) is 2. The molecule has 5 rings (SSSR count). The molecular weight excluding hydrogens is 478 g/mol. The van der Waals surface area contributed by atoms with Crippen LogP contribution in [-0.2, 0) is 0 Å². The number of aryl methyl sites for hydroxylation is 1. The van der Waals surface area contributed by atoms with Gasteiger partial charge in [-0.1, -0.05) is 6.07 Å². The number of nitrogens with one attached hydrogen (secondary N) is 2. The molecule has 1 aromatic heterocycles. The minimum absolute atomic E-state index is 0.0800. The molecule has 0 saturated carbocycles. The van der Waals surface area contributed by atoms with Gasteiger partial charge in [0.1, 0.15) is 11.2 Å². The lowest BCUT2D eigenvalue weighted by molar-refractivity contribution is -0.384. The molecule has 1 saturated heterocycles. The molecule has 2 heterocycles. The van der Waals surface area contributed by atoms with E-state index in [9.17, 15) is 14.9 Å². The fraction of sp³-hybridized carbons (Fsp3) is 0.192. The van der Waals surface area contributed by atoms with Gasteiger partial charge in [-0.2, -0.15) is 0 Å². The average molecular weight is 502 g/mol. The number of oxazole rings is 1. The van der Waals surface area contributed by atoms with Crippen LogP contribution in [0.3, 0.4) is 0 Å². The topological polar surface area (TPSA) is 114 Å². The normalized spacial score (nSPS) is 13.1. The van der Waals surface area contributed by atoms with Crippen molar-refractivity contribution in [3.05, 3.63) is 81.9 Å². The minimum atomic E-state index is -0.526. The van der Waals surface area contributed by atoms with E-state index in [2.05, 4.69) is 15.6 Å². The van der Waals surface area contributed by atoms with Gasteiger partial charge < -0.3 is 14.6 Å². The molecule has 1 aliphatic heterocycles. The van der Waals surface area contributed by atoms with Gasteiger partial charge >= 0.3 is 0 Å². The third kappa shape index (κ3) is 4.89. The average Bonchev–Trinajstić information content (AvgIpc) is 3.54. The van der Waals surface area contributed by atoms with E-state index in [1.807, 2.05) is 42.2 Å². The summed E-state index contributed by atoms with van der Waals surface area (Å²) in [6.07, 6.45) is 1.99. The number of benzene rings is 3. The summed E-state index contributed by atoms with van der Waals surface area (Å²) in [7, 11) is 0. The fourth-order valence-corrected chi connectivity index (χ4v) is 4.44. The molecule has 2 N–H and O–H groups in total. The number of hydrogen-bond acceptors (Lipinski definition) is 7. The van der Waals surface area contributed by atoms with E-state index in [1.165, 1.54) is 6.07 Å². The number of nitrogens with zero attached hydrogens (tertiary/aromatic N) is 3. The smallest absolute Gasteiger partial charge is 0.293 e. The zero-order valence-corrected chi connectivity index (χ0v) is 20.3. The Morgan fingerprint density at radius 3 is 2.56 bits per heavy atom. The first-order chi connectivity index (χ1) is 17.4. The Bertz CT molecular complexity index is 1480. The second-order valence-electron chi connectivity index (χ2n) is 8.63. The van der Waals surface area contributed by atoms with Gasteiger partial charge in [0.25, 0.3) is 11.6 Å². The Labute approximate surface area is 212 Å². The Hall–Kier alpha value is -4.31. The van der Waals surface area contributed by atoms with Crippen molar-refractivity contribution in [3.63, 3.8) is 0 Å². The first kappa shape index (κ1) is 23.4. The molecule has 9 nitrogen and oxygen atoms in total. The number of thiocarbonyl (C=S) groups is 1. The predicted molar refractivity (Wildman–Crippen MR) is 142 cm³/mol. The Kier molecular flexibility index (Phi) is 6.34. The van der Waals surface area contributed by atoms with E-state index >= 15 is 0 Å². The minimum Gasteiger partial charge on any atom is -0.436 e. The molecule has 36 heavy (non-hydrogen) atoms. The van der Waals surface area contributed by atoms with Gasteiger partial charge in [-0.15, -0.1) is 0 Å². The lowest BCUT2D eigenvalue weighted by Gasteiger charge is -2.18. The lowest BCUT2D eigenvalue weighted by Crippen LogP contribution is -2.34. The maximum Gasteiger partial charge on any atom is 0.293 e. The molecule has 1 amide bonds. The van der Waals surface area contributed by atoms with Gasteiger partial charge in [0.15, 0.2) is 10.7 Å². The van der Waals surface area contributed by atoms with Crippen LogP contribution in [0, 0.1) is 17.0 Å². The molecule has 4 aromatic rings. The first-order valence-electron chi connectivity index (χ1n) is 11.5. The van der Waals surface area contributed by atoms with Crippen LogP contribution in [0.5, 0.6) is 0 Å². The van der Waals surface area contributed by atoms with E-state index in [0.717, 1.165) is 48.2 Å². The zero-order valence-electron chi connectivity index (χ0n) is 19.5. The van der Waals surface area contributed by atoms with Crippen molar-refractivity contribution in [1.82, 2.24) is 10.3 Å². The largest absolute Gasteiger partial charge is 0.436 e. The van der Waals surface area contributed by atoms with Crippen LogP contribution in [0.1, 0.15) is 28.8 Å². The summed E-state index contributed by atoms with van der Waals surface area (Å²) in [6, 6.07) is 17.6. The molecule has 0 unspecified atom stereocenters. The van der Waals surface area contributed by atoms with Gasteiger partial charge in [0, 0.05) is 36.0 Å². The maximum atomic E-state index is 12.7. The number of carbonyl (C=O) groups excluding carboxylic acids is 1. The van der Waals surface area contributed by atoms with Crippen LogP contribution in [0.2, 0.25) is 0 Å². The summed E-state index contributed by atoms with van der Waals surface area (Å²) in [4.78, 5) is 30.3. The van der Waals surface area contributed by atoms with E-state index < -0.39 is 10.8 Å². The maximum absolute atomic E-state index is 12.7. The van der Waals surface area contributed by atoms with Gasteiger partial charge in [0.2, 0.25) is 5.89 Å². The molecule has 182 valence electrons. The number of rotatable bonds is 5. The van der Waals surface area contributed by atoms with Crippen molar-refractivity contribution < 1.29 is 14.1 Å². The molecule has 0 radical (unpaired) electrons. The third-order valence-corrected chi connectivity index (χ3v) is 6.25. The van der Waals surface area contributed by atoms with Crippen molar-refractivity contribution in [3.8, 4) is 11.5 Å². The van der Waals surface area contributed by atoms with Crippen LogP contribution in [0.25, 0.3) is 22.6 Å². The van der Waals surface area contributed by atoms with Crippen molar-refractivity contribution in [2.75, 3.05) is 23.3 Å². The number of anilines is 2. The lowest BCUT2D eigenvalue weighted by atomic mass is 10.1. The number of carbonyl (C=O) groups is 1. The second kappa shape index (κ2) is 9.74. The molecule has 3 aromatic carbocycles. The van der Waals surface area contributed by atoms with E-state index in [4.69, 9.17) is 16.6 Å². The van der Waals surface area contributed by atoms with Crippen LogP contribution >= 0.6 is 12.2 Å². The highest BCUT2D eigenvalue weighted by Gasteiger charge is 2.24. The summed E-state index contributed by atoms with van der Waals surface area (Å²) >= 11 is 5.28. The molecule has 1 aliphatic rings. The molecular formula is C26H23N5O4S. The van der Waals surface area contributed by atoms with Crippen LogP contribution in [0.4, 0.5) is 17.1 Å². The van der Waals surface area contributed by atoms with Crippen LogP contribution in [-0.4, -0.2) is 34.0 Å². The monoisotopic (exact) mass is 501 g/mol. The van der Waals surface area contributed by atoms with E-state index in [0.29, 0.717) is 17.3 Å². The number of nitro groups is 1. The highest BCUT2D eigenvalue weighted by Crippen LogP contribution is 2.32. The van der Waals surface area contributed by atoms with Gasteiger partial charge in [-0.05, 0) is 86.1 Å². The molecule has 0 aliphatic carbocycles. The summed E-state index contributed by atoms with van der Waals surface area (Å²) in [5.74, 6) is -0.0148. The van der Waals surface area contributed by atoms with Crippen LogP contribution < -0.4 is 15.5 Å². The Morgan fingerprint density at radius 1 is 1.08 bits per heavy atom. The number of aromatic nitrogens is 1. The Balaban J connectivity index is 1.25. The van der Waals surface area contributed by atoms with Crippen molar-refractivity contribution in [2.24, 2.45) is 0 Å². The summed E-state index contributed by atoms with van der Waals surface area (Å²) in [5.41, 5.74) is 4.67. The molecule has 1 fully saturated rings. The van der Waals surface area contributed by atoms with E-state index in [-0.39, 0.29) is 16.4 Å². The second-order valence-corrected chi connectivity index (χ2v) is 9.04. The quantitative estimate of drug-likeness (QED) is 0.211. The molecule has 0 spiro atoms. The van der Waals surface area contributed by atoms with E-state index in [1.54, 1.807) is 24.3 Å². The summed E-state index contributed by atoms with van der Waals surface area (Å²) < 4.78 is 5.86. The van der Waals surface area contributed by atoms with Crippen molar-refractivity contribution in [2.45, 2.75) is 19.8 Å². The zero-order chi connectivity index (χ0) is 25.2. The Morgan fingerprint density at radius 2 is 1.83 bits per heavy atom. The van der Waals surface area contributed by atoms with Crippen molar-refractivity contribution >= 4 is 51.4 Å². The molecule has 0 atom stereocenters. The number of amides is 1. The standard InChI is InChI=1S/C26H23N5O4S/c1-16-4-10-20-23(14-16)35-25(28-20)17-5-8-19(9-6-17)27-26(36)29-24(32)18-7-11-21(22(15-18)31(33)34)30-12-2-3-13-30/h4-11,14-15H,2-3,12-13H2,1H3,(H2,27,29,32,36). The van der Waals surface area contributed by atoms with Crippen LogP contribution in [0.15, 0.2) is 65.1 Å². The number of fused-ring (bicyclic) bond motifs is 1. The highest BCUT2D eigenvalue weighted by molar-refractivity contribution is 7.80. The molecule has 10 heteroatoms. The first-order valence-corrected chi connectivity index (χ1v) is 11.9. The van der Waals surface area contributed by atoms with Crippen molar-refractivity contribution in [1.29, 1.82) is 0 Å². The summed E-state index contributed by atoms with van der Waals surface area (Å²) in [5, 5.41) is 17.2. The van der Waals surface area contributed by atoms with Gasteiger partial charge in [-0.25, -0.2) is 4.98 Å². The molecule has 0 bridgehead atoms. The number of nitro benzene ring substituents is 1. The summed E-state index contributed by atoms with van der Waals surface area (Å²) in [6.45, 7) is 3.53. The predicted octanol–water partition coefficient (Wildman–Crippen LogP) is 5.44. The SMILES string of the molecule is Cc1ccc2nc(-c3ccc(NC(=S)NC(=O)c4ccc(N5CCCC5)c([N+](=O)[O-])c4)cc3)oc2c1. The third-order valence-electron chi connectivity index (χ3n) is 6.04. The highest BCUT2D eigenvalue weighted by atomic mass is 32.1. The van der Waals surface area contributed by atoms with Gasteiger partial charge in [0.05, 0.1) is 4.92 Å².